The van der Waals surface area contributed by atoms with Gasteiger partial charge >= 0.3 is 0 Å². The van der Waals surface area contributed by atoms with E-state index in [0.717, 1.165) is 22.1 Å². The lowest BCUT2D eigenvalue weighted by Gasteiger charge is -2.11. The Morgan fingerprint density at radius 3 is 2.86 bits per heavy atom. The number of nitrogen functional groups attached to an aromatic ring is 1. The Morgan fingerprint density at radius 1 is 1.19 bits per heavy atom. The maximum absolute atomic E-state index is 11.6. The number of benzene rings is 2. The molecule has 0 aliphatic carbocycles. The van der Waals surface area contributed by atoms with Gasteiger partial charge in [-0.3, -0.25) is 9.78 Å². The molecule has 0 unspecified atom stereocenters. The average Bonchev–Trinajstić information content (AvgIpc) is 2.49. The van der Waals surface area contributed by atoms with Crippen LogP contribution in [0.5, 0.6) is 0 Å². The van der Waals surface area contributed by atoms with Crippen LogP contribution in [0.3, 0.4) is 0 Å². The average molecular weight is 277 g/mol. The molecule has 0 radical (unpaired) electrons. The second-order valence-corrected chi connectivity index (χ2v) is 4.89. The Bertz CT molecular complexity index is 822. The summed E-state index contributed by atoms with van der Waals surface area (Å²) in [6.45, 7) is 1.51. The van der Waals surface area contributed by atoms with Crippen molar-refractivity contribution in [3.63, 3.8) is 0 Å². The van der Waals surface area contributed by atoms with E-state index >= 15 is 0 Å². The lowest BCUT2D eigenvalue weighted by Crippen LogP contribution is -2.01. The molecule has 3 aromatic rings. The van der Waals surface area contributed by atoms with Crippen LogP contribution in [-0.4, -0.2) is 10.8 Å². The van der Waals surface area contributed by atoms with E-state index in [2.05, 4.69) is 10.3 Å². The second kappa shape index (κ2) is 5.25. The van der Waals surface area contributed by atoms with Gasteiger partial charge in [0.15, 0.2) is 5.78 Å². The largest absolute Gasteiger partial charge is 0.398 e. The van der Waals surface area contributed by atoms with E-state index in [4.69, 9.17) is 5.73 Å². The highest BCUT2D eigenvalue weighted by Gasteiger charge is 2.07. The second-order valence-electron chi connectivity index (χ2n) is 4.89. The van der Waals surface area contributed by atoms with Crippen molar-refractivity contribution in [2.24, 2.45) is 0 Å². The Balaban J connectivity index is 2.03. The van der Waals surface area contributed by atoms with E-state index in [9.17, 15) is 4.79 Å². The molecule has 21 heavy (non-hydrogen) atoms. The first-order chi connectivity index (χ1) is 10.1. The third-order valence-electron chi connectivity index (χ3n) is 3.40. The van der Waals surface area contributed by atoms with Gasteiger partial charge in [0.2, 0.25) is 0 Å². The van der Waals surface area contributed by atoms with E-state index in [1.165, 1.54) is 6.92 Å². The van der Waals surface area contributed by atoms with E-state index in [1.807, 2.05) is 36.5 Å². The summed E-state index contributed by atoms with van der Waals surface area (Å²) in [5.74, 6) is -0.0456. The maximum atomic E-state index is 11.6. The summed E-state index contributed by atoms with van der Waals surface area (Å²) in [6, 6.07) is 13.3. The van der Waals surface area contributed by atoms with Crippen LogP contribution >= 0.6 is 0 Å². The van der Waals surface area contributed by atoms with Gasteiger partial charge < -0.3 is 11.1 Å². The first kappa shape index (κ1) is 13.1. The third-order valence-corrected chi connectivity index (χ3v) is 3.40. The van der Waals surface area contributed by atoms with Crippen molar-refractivity contribution in [2.45, 2.75) is 6.92 Å². The van der Waals surface area contributed by atoms with Gasteiger partial charge in [0.25, 0.3) is 0 Å². The SMILES string of the molecule is CC(=O)c1cc(Nc2cccc3ccncc23)ccc1N. The predicted octanol–water partition coefficient (Wildman–Crippen LogP) is 3.76. The van der Waals surface area contributed by atoms with Gasteiger partial charge in [-0.2, -0.15) is 0 Å². The molecule has 0 saturated heterocycles. The number of carbonyl (C=O) groups is 1. The Morgan fingerprint density at radius 2 is 2.05 bits per heavy atom. The van der Waals surface area contributed by atoms with Crippen molar-refractivity contribution >= 4 is 33.6 Å². The van der Waals surface area contributed by atoms with Crippen LogP contribution in [-0.2, 0) is 0 Å². The van der Waals surface area contributed by atoms with E-state index in [0.29, 0.717) is 11.3 Å². The maximum Gasteiger partial charge on any atom is 0.161 e. The highest BCUT2D eigenvalue weighted by molar-refractivity contribution is 6.01. The molecular weight excluding hydrogens is 262 g/mol. The van der Waals surface area contributed by atoms with Gasteiger partial charge in [0.05, 0.1) is 0 Å². The molecule has 3 rings (SSSR count). The minimum Gasteiger partial charge on any atom is -0.398 e. The number of pyridine rings is 1. The number of nitrogens with one attached hydrogen (secondary N) is 1. The standard InChI is InChI=1S/C17H15N3O/c1-11(21)14-9-13(5-6-16(14)18)20-17-4-2-3-12-7-8-19-10-15(12)17/h2-10,20H,18H2,1H3. The van der Waals surface area contributed by atoms with Crippen LogP contribution in [0.2, 0.25) is 0 Å². The van der Waals surface area contributed by atoms with Gasteiger partial charge in [-0.25, -0.2) is 0 Å². The van der Waals surface area contributed by atoms with Crippen molar-refractivity contribution in [3.05, 3.63) is 60.4 Å². The zero-order valence-corrected chi connectivity index (χ0v) is 11.6. The lowest BCUT2D eigenvalue weighted by atomic mass is 10.1. The van der Waals surface area contributed by atoms with Crippen LogP contribution in [0.15, 0.2) is 54.9 Å². The molecule has 4 nitrogen and oxygen atoms in total. The summed E-state index contributed by atoms with van der Waals surface area (Å²) < 4.78 is 0. The van der Waals surface area contributed by atoms with Crippen molar-refractivity contribution in [2.75, 3.05) is 11.1 Å². The zero-order chi connectivity index (χ0) is 14.8. The molecule has 4 heteroatoms. The van der Waals surface area contributed by atoms with Crippen molar-refractivity contribution in [3.8, 4) is 0 Å². The number of nitrogens with zero attached hydrogens (tertiary/aromatic N) is 1. The number of hydrogen-bond acceptors (Lipinski definition) is 4. The minimum absolute atomic E-state index is 0.0456. The molecule has 0 aliphatic heterocycles. The third kappa shape index (κ3) is 2.56. The molecular formula is C17H15N3O. The van der Waals surface area contributed by atoms with Crippen LogP contribution < -0.4 is 11.1 Å². The number of anilines is 3. The predicted molar refractivity (Wildman–Crippen MR) is 85.9 cm³/mol. The fourth-order valence-electron chi connectivity index (χ4n) is 2.32. The highest BCUT2D eigenvalue weighted by Crippen LogP contribution is 2.27. The first-order valence-electron chi connectivity index (χ1n) is 6.65. The summed E-state index contributed by atoms with van der Waals surface area (Å²) in [4.78, 5) is 15.7. The fraction of sp³-hybridized carbons (Fsp3) is 0.0588. The summed E-state index contributed by atoms with van der Waals surface area (Å²) in [5.41, 5.74) is 8.60. The van der Waals surface area contributed by atoms with Crippen molar-refractivity contribution in [1.29, 1.82) is 0 Å². The Labute approximate surface area is 122 Å². The number of Topliss-reactive ketones (excluding diaryl/α,β-unsaturated/α-hetero) is 1. The number of rotatable bonds is 3. The summed E-state index contributed by atoms with van der Waals surface area (Å²) in [5, 5.41) is 5.46. The number of aromatic nitrogens is 1. The van der Waals surface area contributed by atoms with Gasteiger partial charge in [0, 0.05) is 40.4 Å². The number of hydrogen-bond donors (Lipinski definition) is 2. The fourth-order valence-corrected chi connectivity index (χ4v) is 2.32. The van der Waals surface area contributed by atoms with Gasteiger partial charge in [0.1, 0.15) is 0 Å². The van der Waals surface area contributed by atoms with E-state index < -0.39 is 0 Å². The first-order valence-corrected chi connectivity index (χ1v) is 6.65. The molecule has 0 atom stereocenters. The molecule has 0 spiro atoms. The van der Waals surface area contributed by atoms with Gasteiger partial charge in [-0.15, -0.1) is 0 Å². The molecule has 2 aromatic carbocycles. The topological polar surface area (TPSA) is 68.0 Å². The molecule has 3 N–H and O–H groups in total. The van der Waals surface area contributed by atoms with Crippen LogP contribution in [0.1, 0.15) is 17.3 Å². The lowest BCUT2D eigenvalue weighted by molar-refractivity contribution is 0.101. The van der Waals surface area contributed by atoms with Gasteiger partial charge in [-0.05, 0) is 42.6 Å². The molecule has 1 aromatic heterocycles. The van der Waals surface area contributed by atoms with Crippen LogP contribution in [0.25, 0.3) is 10.8 Å². The molecule has 0 saturated carbocycles. The number of ketones is 1. The zero-order valence-electron chi connectivity index (χ0n) is 11.6. The summed E-state index contributed by atoms with van der Waals surface area (Å²) >= 11 is 0. The van der Waals surface area contributed by atoms with Crippen molar-refractivity contribution in [1.82, 2.24) is 4.98 Å². The molecule has 104 valence electrons. The molecule has 0 aliphatic rings. The molecule has 0 amide bonds. The number of carbonyl (C=O) groups excluding carboxylic acids is 1. The Kier molecular flexibility index (Phi) is 3.28. The monoisotopic (exact) mass is 277 g/mol. The van der Waals surface area contributed by atoms with Gasteiger partial charge in [-0.1, -0.05) is 12.1 Å². The molecule has 0 bridgehead atoms. The van der Waals surface area contributed by atoms with Crippen LogP contribution in [0.4, 0.5) is 17.1 Å². The summed E-state index contributed by atoms with van der Waals surface area (Å²) in [7, 11) is 0. The highest BCUT2D eigenvalue weighted by atomic mass is 16.1. The molecule has 1 heterocycles. The summed E-state index contributed by atoms with van der Waals surface area (Å²) in [6.07, 6.45) is 3.59. The number of fused-ring (bicyclic) bond motifs is 1. The van der Waals surface area contributed by atoms with Crippen molar-refractivity contribution < 1.29 is 4.79 Å². The van der Waals surface area contributed by atoms with E-state index in [-0.39, 0.29) is 5.78 Å². The normalized spacial score (nSPS) is 10.5. The van der Waals surface area contributed by atoms with E-state index in [1.54, 1.807) is 18.3 Å². The quantitative estimate of drug-likeness (QED) is 0.565. The molecule has 0 fully saturated rings. The van der Waals surface area contributed by atoms with Crippen LogP contribution in [0, 0.1) is 0 Å². The smallest absolute Gasteiger partial charge is 0.161 e. The number of nitrogens with two attached hydrogens (primary N) is 1. The minimum atomic E-state index is -0.0456. The Hall–Kier alpha value is -2.88.